The van der Waals surface area contributed by atoms with E-state index in [2.05, 4.69) is 21.3 Å². The fraction of sp³-hybridized carbons (Fsp3) is 0.739. The van der Waals surface area contributed by atoms with Crippen LogP contribution < -0.4 is 21.3 Å². The van der Waals surface area contributed by atoms with Gasteiger partial charge in [0.25, 0.3) is 11.6 Å². The van der Waals surface area contributed by atoms with Gasteiger partial charge in [0.05, 0.1) is 109 Å². The van der Waals surface area contributed by atoms with Crippen molar-refractivity contribution in [1.82, 2.24) is 21.3 Å². The van der Waals surface area contributed by atoms with Gasteiger partial charge in [-0.2, -0.15) is 0 Å². The third-order valence-electron chi connectivity index (χ3n) is 20.3. The van der Waals surface area contributed by atoms with Gasteiger partial charge in [-0.05, 0) is 11.1 Å². The zero-order valence-electron chi connectivity index (χ0n) is 61.0. The highest BCUT2D eigenvalue weighted by Crippen LogP contribution is 2.42. The third-order valence-corrected chi connectivity index (χ3v) is 20.3. The molecular weight excluding hydrogens is 1520 g/mol. The lowest BCUT2D eigenvalue weighted by Gasteiger charge is -2.51. The van der Waals surface area contributed by atoms with Crippen molar-refractivity contribution >= 4 is 35.6 Å². The van der Waals surface area contributed by atoms with Crippen molar-refractivity contribution in [3.8, 4) is 0 Å². The molecule has 7 aliphatic heterocycles. The van der Waals surface area contributed by atoms with Crippen LogP contribution >= 0.6 is 0 Å². The van der Waals surface area contributed by atoms with Crippen LogP contribution in [0.15, 0.2) is 60.7 Å². The Morgan fingerprint density at radius 3 is 1.17 bits per heavy atom. The van der Waals surface area contributed by atoms with Gasteiger partial charge in [0.1, 0.15) is 134 Å². The number of aliphatic hydroxyl groups excluding tert-OH is 18. The maximum atomic E-state index is 14.4. The van der Waals surface area contributed by atoms with Crippen molar-refractivity contribution in [2.45, 2.75) is 248 Å². The molecule has 0 radical (unpaired) electrons. The molecule has 2 aromatic rings. The minimum Gasteiger partial charge on any atom is -0.477 e. The van der Waals surface area contributed by atoms with Gasteiger partial charge in [-0.25, -0.2) is 9.59 Å². The van der Waals surface area contributed by atoms with Gasteiger partial charge in [-0.1, -0.05) is 60.7 Å². The summed E-state index contributed by atoms with van der Waals surface area (Å²) in [5, 5.41) is 232. The van der Waals surface area contributed by atoms with E-state index in [4.69, 9.17) is 66.3 Å². The molecule has 0 bridgehead atoms. The highest BCUT2D eigenvalue weighted by molar-refractivity contribution is 5.84. The van der Waals surface area contributed by atoms with Gasteiger partial charge < -0.3 is 190 Å². The van der Waals surface area contributed by atoms with E-state index >= 15 is 0 Å². The number of amides is 4. The van der Waals surface area contributed by atoms with E-state index in [0.717, 1.165) is 13.8 Å². The first-order valence-corrected chi connectivity index (χ1v) is 36.2. The minimum atomic E-state index is -3.24. The quantitative estimate of drug-likeness (QED) is 0.0345. The summed E-state index contributed by atoms with van der Waals surface area (Å²) >= 11 is 0. The van der Waals surface area contributed by atoms with E-state index < -0.39 is 328 Å². The van der Waals surface area contributed by atoms with E-state index in [1.165, 1.54) is 0 Å². The molecule has 7 fully saturated rings. The summed E-state index contributed by atoms with van der Waals surface area (Å²) in [6.07, 6.45) is -59.3. The predicted molar refractivity (Wildman–Crippen MR) is 363 cm³/mol. The number of hydrogen-bond acceptors (Lipinski definition) is 38. The van der Waals surface area contributed by atoms with Crippen LogP contribution in [0.3, 0.4) is 0 Å². The Labute approximate surface area is 643 Å². The minimum absolute atomic E-state index is 0.106. The van der Waals surface area contributed by atoms with E-state index in [1.807, 2.05) is 0 Å². The van der Waals surface area contributed by atoms with Crippen molar-refractivity contribution in [2.24, 2.45) is 5.41 Å². The molecule has 638 valence electrons. The molecule has 32 atom stereocenters. The molecule has 113 heavy (non-hydrogen) atoms. The smallest absolute Gasteiger partial charge is 0.364 e. The molecule has 24 N–H and O–H groups in total. The normalized spacial score (nSPS) is 39.1. The van der Waals surface area contributed by atoms with E-state index in [0.29, 0.717) is 11.1 Å². The largest absolute Gasteiger partial charge is 0.477 e. The van der Waals surface area contributed by atoms with Crippen LogP contribution in [0, 0.1) is 5.41 Å². The predicted octanol–water partition coefficient (Wildman–Crippen LogP) is -11.9. The van der Waals surface area contributed by atoms with Crippen LogP contribution in [0.4, 0.5) is 0 Å². The third kappa shape index (κ3) is 21.5. The summed E-state index contributed by atoms with van der Waals surface area (Å²) in [5.41, 5.74) is -0.434. The molecule has 0 aromatic heterocycles. The molecule has 7 aliphatic rings. The fourth-order valence-electron chi connectivity index (χ4n) is 14.3. The summed E-state index contributed by atoms with van der Waals surface area (Å²) in [5.74, 6) is -14.5. The average molecular weight is 1630 g/mol. The lowest BCUT2D eigenvalue weighted by Crippen LogP contribution is -2.71. The van der Waals surface area contributed by atoms with E-state index in [1.54, 1.807) is 60.7 Å². The first kappa shape index (κ1) is 90.9. The molecule has 0 spiro atoms. The second-order valence-electron chi connectivity index (χ2n) is 28.7. The van der Waals surface area contributed by atoms with Crippen molar-refractivity contribution in [3.63, 3.8) is 0 Å². The van der Waals surface area contributed by atoms with E-state index in [-0.39, 0.29) is 13.2 Å². The second kappa shape index (κ2) is 40.4. The molecule has 2 aromatic carbocycles. The number of fused-ring (bicyclic) bond motifs is 2. The Morgan fingerprint density at radius 2 is 0.850 bits per heavy atom. The van der Waals surface area contributed by atoms with Crippen LogP contribution in [0.2, 0.25) is 0 Å². The highest BCUT2D eigenvalue weighted by Gasteiger charge is 2.63. The van der Waals surface area contributed by atoms with Crippen LogP contribution in [0.5, 0.6) is 0 Å². The SMILES string of the molecule is CC(=O)N[C@H]1[C@H]([C@H](O)[C@H](O)CO)O[C@@](O[C@H]2[C@@H](O)[C@@H](CO)O[C@@H](O[C@H]3[C@H](O)[C@H]4NC(=O)CCC(=O)N[C@H]5[C@H](OCC(COCc6ccccc6)(COCc6ccccc6)CO[C@@H]4O[C@@H]3CO)O[C@H](CO)[C@@H](O[C@@H]3O[C@H](CO)[C@H](O)[C@H](O[C@]4(C(=O)O)C[C@H](O)[C@@H](NC(C)=O)[C@H]([C@H](O)[C@H](O)CO)O4)[C@H]3O)[C@@H]5O)[C@@H]2O)(C(=O)O)C[C@@H]1O. The van der Waals surface area contributed by atoms with Crippen LogP contribution in [-0.2, 0) is 108 Å². The maximum absolute atomic E-state index is 14.4. The topological polar surface area (TPSA) is 684 Å². The molecule has 7 heterocycles. The van der Waals surface area contributed by atoms with Gasteiger partial charge in [0.15, 0.2) is 25.2 Å². The highest BCUT2D eigenvalue weighted by atomic mass is 16.8. The molecule has 44 nitrogen and oxygen atoms in total. The number of aliphatic hydroxyl groups is 18. The lowest BCUT2D eigenvalue weighted by molar-refractivity contribution is -0.384. The van der Waals surface area contributed by atoms with Crippen molar-refractivity contribution in [1.29, 1.82) is 0 Å². The molecule has 4 amide bonds. The van der Waals surface area contributed by atoms with Gasteiger partial charge >= 0.3 is 11.9 Å². The molecular formula is C69H102N4O40. The Morgan fingerprint density at radius 1 is 0.496 bits per heavy atom. The number of carboxylic acid groups (broad SMARTS) is 2. The second-order valence-corrected chi connectivity index (χ2v) is 28.7. The Bertz CT molecular complexity index is 3170. The number of carbonyl (C=O) groups excluding carboxylic acids is 4. The Hall–Kier alpha value is -6.02. The summed E-state index contributed by atoms with van der Waals surface area (Å²) in [7, 11) is 0. The van der Waals surface area contributed by atoms with Gasteiger partial charge in [0.2, 0.25) is 23.6 Å². The standard InChI is InChI=1S/C69H102N4O40/c1-29(80)70-43-33(82)15-68(65(96)97,110-57(43)47(88)35(84)17-74)112-59-49(90)37(19-76)104-63(53(59)94)108-55-39(21-78)106-61-45(51(55)92)72-41(86)13-14-42(87)73-46-52(93)56(40(22-79)107-62(46)103-28-67(27-102-61,25-100-23-31-9-5-3-6-10-31)26-101-24-32-11-7-4-8-12-32)109-64-54(95)60(50(91)38(20-77)105-64)113-69(66(98)99)16-34(83)44(71-30(2)81)58(111-69)48(89)36(85)18-75/h3-12,33-40,43-64,74-79,82-85,88-95H,13-28H2,1-2H3,(H,70,80)(H,71,81)(H,72,86)(H,73,87)(H,96,97)(H,98,99)/t33-,34-,35+,36+,37+,38+,39+,40+,43+,44+,45+,46+,47+,48+,49-,50-,51+,52+,53+,54+,55+,56+,57+,58+,59-,60-,61+,62+,63-,64-,68-,69-/m0/s1. The summed E-state index contributed by atoms with van der Waals surface area (Å²) < 4.78 is 85.4. The fourth-order valence-corrected chi connectivity index (χ4v) is 14.3. The molecule has 0 saturated carbocycles. The molecule has 7 saturated heterocycles. The molecule has 0 aliphatic carbocycles. The number of rotatable bonds is 30. The Balaban J connectivity index is 1.02. The number of benzene rings is 2. The van der Waals surface area contributed by atoms with Gasteiger partial charge in [0, 0.05) is 39.5 Å². The summed E-state index contributed by atoms with van der Waals surface area (Å²) in [4.78, 5) is 80.0. The summed E-state index contributed by atoms with van der Waals surface area (Å²) in [6, 6.07) is 10.2. The van der Waals surface area contributed by atoms with Crippen LogP contribution in [-0.4, -0.2) is 399 Å². The number of carboxylic acids is 2. The lowest BCUT2D eigenvalue weighted by atomic mass is 9.88. The zero-order chi connectivity index (χ0) is 82.6. The van der Waals surface area contributed by atoms with Gasteiger partial charge in [-0.15, -0.1) is 0 Å². The summed E-state index contributed by atoms with van der Waals surface area (Å²) in [6.45, 7) is -7.30. The van der Waals surface area contributed by atoms with Crippen molar-refractivity contribution in [3.05, 3.63) is 71.8 Å². The van der Waals surface area contributed by atoms with Crippen LogP contribution in [0.1, 0.15) is 50.7 Å². The average Bonchev–Trinajstić information content (AvgIpc) is 0.762. The molecule has 44 heteroatoms. The number of carbonyl (C=O) groups is 6. The number of ether oxygens (including phenoxy) is 14. The Kier molecular flexibility index (Phi) is 32.5. The number of hydrogen-bond donors (Lipinski definition) is 24. The first-order chi connectivity index (χ1) is 53.7. The molecule has 0 unspecified atom stereocenters. The van der Waals surface area contributed by atoms with Crippen molar-refractivity contribution in [2.75, 3.05) is 66.1 Å². The monoisotopic (exact) mass is 1630 g/mol. The number of nitrogens with one attached hydrogen (secondary N) is 4. The number of aliphatic carboxylic acids is 2. The molecule has 9 rings (SSSR count). The van der Waals surface area contributed by atoms with Crippen LogP contribution in [0.25, 0.3) is 0 Å². The van der Waals surface area contributed by atoms with E-state index in [9.17, 15) is 131 Å². The zero-order valence-corrected chi connectivity index (χ0v) is 61.0. The van der Waals surface area contributed by atoms with Gasteiger partial charge in [-0.3, -0.25) is 19.2 Å². The maximum Gasteiger partial charge on any atom is 0.364 e. The van der Waals surface area contributed by atoms with Crippen molar-refractivity contribution < 1.29 is 197 Å². The first-order valence-electron chi connectivity index (χ1n) is 36.2.